The molecule has 0 amide bonds. The van der Waals surface area contributed by atoms with Crippen molar-refractivity contribution in [3.63, 3.8) is 0 Å². The number of hydrogen-bond donors (Lipinski definition) is 0. The molecule has 1 heterocycles. The maximum absolute atomic E-state index is 5.77. The standard InChI is InChI=1S/C13H22N2OSi/c1-10(2)17(11(3)4)16-15-12(5)13-8-6-7-9-14-13/h6-11,17H,1-5H3. The SMILES string of the molecule is CC(=NO[SiH](C(C)C)C(C)C)c1ccccn1. The van der Waals surface area contributed by atoms with Gasteiger partial charge in [0.25, 0.3) is 9.04 Å². The van der Waals surface area contributed by atoms with Crippen molar-refractivity contribution >= 4 is 14.8 Å². The molecule has 0 aliphatic heterocycles. The number of oxime groups is 1. The number of aromatic nitrogens is 1. The molecule has 0 N–H and O–H groups in total. The third-order valence-corrected chi connectivity index (χ3v) is 5.64. The van der Waals surface area contributed by atoms with Crippen LogP contribution in [0.2, 0.25) is 11.1 Å². The lowest BCUT2D eigenvalue weighted by molar-refractivity contribution is 0.330. The van der Waals surface area contributed by atoms with E-state index in [2.05, 4.69) is 37.8 Å². The highest BCUT2D eigenvalue weighted by Crippen LogP contribution is 2.21. The molecule has 0 bridgehead atoms. The maximum Gasteiger partial charge on any atom is 0.277 e. The average Bonchev–Trinajstić information content (AvgIpc) is 2.29. The molecule has 0 aliphatic rings. The third kappa shape index (κ3) is 4.30. The zero-order valence-electron chi connectivity index (χ0n) is 11.3. The fraction of sp³-hybridized carbons (Fsp3) is 0.538. The molecule has 17 heavy (non-hydrogen) atoms. The molecule has 1 aromatic rings. The predicted octanol–water partition coefficient (Wildman–Crippen LogP) is 3.37. The first kappa shape index (κ1) is 13.9. The van der Waals surface area contributed by atoms with E-state index in [9.17, 15) is 0 Å². The van der Waals surface area contributed by atoms with Crippen molar-refractivity contribution < 1.29 is 4.53 Å². The van der Waals surface area contributed by atoms with Crippen molar-refractivity contribution in [1.29, 1.82) is 0 Å². The van der Waals surface area contributed by atoms with Gasteiger partial charge in [-0.15, -0.1) is 5.16 Å². The summed E-state index contributed by atoms with van der Waals surface area (Å²) < 4.78 is 5.77. The molecule has 0 saturated heterocycles. The quantitative estimate of drug-likeness (QED) is 0.456. The number of rotatable bonds is 5. The molecule has 94 valence electrons. The summed E-state index contributed by atoms with van der Waals surface area (Å²) in [6.07, 6.45) is 1.77. The van der Waals surface area contributed by atoms with E-state index in [0.29, 0.717) is 11.1 Å². The van der Waals surface area contributed by atoms with Crippen molar-refractivity contribution in [2.45, 2.75) is 45.7 Å². The lowest BCUT2D eigenvalue weighted by Gasteiger charge is -2.20. The Kier molecular flexibility index (Phi) is 5.35. The lowest BCUT2D eigenvalue weighted by Crippen LogP contribution is -2.23. The monoisotopic (exact) mass is 250 g/mol. The van der Waals surface area contributed by atoms with Gasteiger partial charge in [-0.05, 0) is 30.1 Å². The zero-order chi connectivity index (χ0) is 12.8. The second-order valence-corrected chi connectivity index (χ2v) is 8.76. The molecule has 1 aromatic heterocycles. The van der Waals surface area contributed by atoms with E-state index in [4.69, 9.17) is 4.53 Å². The van der Waals surface area contributed by atoms with Gasteiger partial charge in [0.1, 0.15) is 5.71 Å². The van der Waals surface area contributed by atoms with E-state index in [-0.39, 0.29) is 0 Å². The Bertz CT molecular complexity index is 355. The molecule has 1 rings (SSSR count). The van der Waals surface area contributed by atoms with E-state index in [1.165, 1.54) is 0 Å². The van der Waals surface area contributed by atoms with Crippen LogP contribution in [-0.2, 0) is 4.53 Å². The molecule has 3 nitrogen and oxygen atoms in total. The molecule has 0 saturated carbocycles. The fourth-order valence-corrected chi connectivity index (χ4v) is 4.08. The van der Waals surface area contributed by atoms with Gasteiger partial charge in [0.15, 0.2) is 0 Å². The number of nitrogens with zero attached hydrogens (tertiary/aromatic N) is 2. The van der Waals surface area contributed by atoms with Gasteiger partial charge in [0, 0.05) is 6.20 Å². The third-order valence-electron chi connectivity index (χ3n) is 2.66. The van der Waals surface area contributed by atoms with Crippen LogP contribution in [-0.4, -0.2) is 19.7 Å². The minimum atomic E-state index is -1.28. The molecular weight excluding hydrogens is 228 g/mol. The summed E-state index contributed by atoms with van der Waals surface area (Å²) in [5.41, 5.74) is 2.92. The molecule has 0 atom stereocenters. The maximum atomic E-state index is 5.77. The fourth-order valence-electron chi connectivity index (χ4n) is 1.78. The van der Waals surface area contributed by atoms with Gasteiger partial charge < -0.3 is 4.53 Å². The van der Waals surface area contributed by atoms with Crippen LogP contribution in [0.5, 0.6) is 0 Å². The van der Waals surface area contributed by atoms with E-state index >= 15 is 0 Å². The zero-order valence-corrected chi connectivity index (χ0v) is 12.5. The highest BCUT2D eigenvalue weighted by molar-refractivity contribution is 6.54. The summed E-state index contributed by atoms with van der Waals surface area (Å²) in [6, 6.07) is 5.81. The van der Waals surface area contributed by atoms with E-state index in [0.717, 1.165) is 11.4 Å². The summed E-state index contributed by atoms with van der Waals surface area (Å²) in [5, 5.41) is 4.25. The van der Waals surface area contributed by atoms with Crippen LogP contribution in [0.4, 0.5) is 0 Å². The first-order chi connectivity index (χ1) is 8.02. The summed E-state index contributed by atoms with van der Waals surface area (Å²) >= 11 is 0. The van der Waals surface area contributed by atoms with Crippen LogP contribution < -0.4 is 0 Å². The smallest absolute Gasteiger partial charge is 0.277 e. The van der Waals surface area contributed by atoms with Gasteiger partial charge in [-0.25, -0.2) is 0 Å². The van der Waals surface area contributed by atoms with Crippen LogP contribution in [0.15, 0.2) is 29.6 Å². The predicted molar refractivity (Wildman–Crippen MR) is 74.9 cm³/mol. The Morgan fingerprint density at radius 1 is 1.24 bits per heavy atom. The Morgan fingerprint density at radius 2 is 1.88 bits per heavy atom. The normalized spacial score (nSPS) is 12.6. The second-order valence-electron chi connectivity index (χ2n) is 4.95. The van der Waals surface area contributed by atoms with Gasteiger partial charge in [0.2, 0.25) is 0 Å². The summed E-state index contributed by atoms with van der Waals surface area (Å²) in [6.45, 7) is 10.8. The van der Waals surface area contributed by atoms with E-state index in [1.807, 2.05) is 25.1 Å². The van der Waals surface area contributed by atoms with Crippen molar-refractivity contribution in [2.75, 3.05) is 0 Å². The van der Waals surface area contributed by atoms with Gasteiger partial charge >= 0.3 is 0 Å². The van der Waals surface area contributed by atoms with Crippen molar-refractivity contribution in [1.82, 2.24) is 4.98 Å². The Balaban J connectivity index is 2.70. The second kappa shape index (κ2) is 6.54. The molecule has 0 fully saturated rings. The largest absolute Gasteiger partial charge is 0.458 e. The first-order valence-electron chi connectivity index (χ1n) is 6.14. The summed E-state index contributed by atoms with van der Waals surface area (Å²) in [5.74, 6) is 0. The topological polar surface area (TPSA) is 34.5 Å². The highest BCUT2D eigenvalue weighted by Gasteiger charge is 2.22. The molecule has 0 aromatic carbocycles. The molecule has 4 heteroatoms. The van der Waals surface area contributed by atoms with Gasteiger partial charge in [-0.2, -0.15) is 0 Å². The minimum absolute atomic E-state index is 0.593. The van der Waals surface area contributed by atoms with Gasteiger partial charge in [-0.1, -0.05) is 33.8 Å². The lowest BCUT2D eigenvalue weighted by atomic mass is 10.3. The van der Waals surface area contributed by atoms with Crippen molar-refractivity contribution in [3.05, 3.63) is 30.1 Å². The first-order valence-corrected chi connectivity index (χ1v) is 7.94. The highest BCUT2D eigenvalue weighted by atomic mass is 28.3. The molecule has 0 radical (unpaired) electrons. The molecule has 0 unspecified atom stereocenters. The Morgan fingerprint density at radius 3 is 2.35 bits per heavy atom. The van der Waals surface area contributed by atoms with Crippen LogP contribution in [0.1, 0.15) is 40.3 Å². The Hall–Kier alpha value is -1.16. The summed E-state index contributed by atoms with van der Waals surface area (Å²) in [4.78, 5) is 4.25. The Labute approximate surface area is 106 Å². The summed E-state index contributed by atoms with van der Waals surface area (Å²) in [7, 11) is -1.28. The van der Waals surface area contributed by atoms with Crippen LogP contribution in [0, 0.1) is 0 Å². The van der Waals surface area contributed by atoms with Gasteiger partial charge in [-0.3, -0.25) is 4.98 Å². The van der Waals surface area contributed by atoms with Crippen LogP contribution >= 0.6 is 0 Å². The number of pyridine rings is 1. The average molecular weight is 250 g/mol. The molecule has 0 aliphatic carbocycles. The van der Waals surface area contributed by atoms with Crippen molar-refractivity contribution in [2.24, 2.45) is 5.16 Å². The van der Waals surface area contributed by atoms with Crippen LogP contribution in [0.25, 0.3) is 0 Å². The molecule has 0 spiro atoms. The number of hydrogen-bond acceptors (Lipinski definition) is 3. The molecular formula is C13H22N2OSi. The minimum Gasteiger partial charge on any atom is -0.458 e. The van der Waals surface area contributed by atoms with Crippen molar-refractivity contribution in [3.8, 4) is 0 Å². The van der Waals surface area contributed by atoms with E-state index < -0.39 is 9.04 Å². The van der Waals surface area contributed by atoms with Gasteiger partial charge in [0.05, 0.1) is 5.69 Å². The van der Waals surface area contributed by atoms with E-state index in [1.54, 1.807) is 6.20 Å². The van der Waals surface area contributed by atoms with Crippen LogP contribution in [0.3, 0.4) is 0 Å².